The highest BCUT2D eigenvalue weighted by molar-refractivity contribution is 6.06. The van der Waals surface area contributed by atoms with Crippen molar-refractivity contribution < 1.29 is 35.4 Å². The zero-order chi connectivity index (χ0) is 20.5. The third kappa shape index (κ3) is 1.35. The lowest BCUT2D eigenvalue weighted by atomic mass is 9.53. The third-order valence-electron chi connectivity index (χ3n) is 9.39. The van der Waals surface area contributed by atoms with Gasteiger partial charge in [-0.05, 0) is 37.7 Å². The van der Waals surface area contributed by atoms with E-state index in [1.165, 1.54) is 6.92 Å². The van der Waals surface area contributed by atoms with Crippen molar-refractivity contribution in [3.63, 3.8) is 0 Å². The molecule has 0 unspecified atom stereocenters. The Morgan fingerprint density at radius 2 is 1.59 bits per heavy atom. The SMILES string of the molecule is CC1=CC[C@]2(O)[C@]3(C)CC[C@]4(C)[C@@](O)([C@@]3(O)C[C@]4(O)C(C)C)[C@@]2(OO)C1=O. The van der Waals surface area contributed by atoms with Crippen molar-refractivity contribution >= 4 is 5.78 Å². The maximum absolute atomic E-state index is 13.4. The Hall–Kier alpha value is -0.830. The van der Waals surface area contributed by atoms with Crippen LogP contribution < -0.4 is 0 Å². The smallest absolute Gasteiger partial charge is 0.226 e. The Kier molecular flexibility index (Phi) is 3.36. The monoisotopic (exact) mass is 382 g/mol. The molecule has 7 atom stereocenters. The molecule has 7 nitrogen and oxygen atoms in total. The van der Waals surface area contributed by atoms with Gasteiger partial charge in [0, 0.05) is 17.3 Å². The first kappa shape index (κ1) is 19.5. The predicted molar refractivity (Wildman–Crippen MR) is 94.5 cm³/mol. The van der Waals surface area contributed by atoms with Crippen LogP contribution >= 0.6 is 0 Å². The van der Waals surface area contributed by atoms with Crippen LogP contribution in [0.25, 0.3) is 0 Å². The van der Waals surface area contributed by atoms with Gasteiger partial charge in [-0.25, -0.2) is 4.89 Å². The number of carbonyl (C=O) groups is 1. The van der Waals surface area contributed by atoms with Crippen molar-refractivity contribution in [2.75, 3.05) is 0 Å². The topological polar surface area (TPSA) is 127 Å². The molecule has 0 aliphatic heterocycles. The Balaban J connectivity index is 2.16. The number of hydrogen-bond donors (Lipinski definition) is 5. The Morgan fingerprint density at radius 1 is 1.04 bits per heavy atom. The summed E-state index contributed by atoms with van der Waals surface area (Å²) in [6.07, 6.45) is 1.81. The van der Waals surface area contributed by atoms with E-state index in [0.29, 0.717) is 0 Å². The van der Waals surface area contributed by atoms with Crippen LogP contribution in [0.4, 0.5) is 0 Å². The molecule has 4 bridgehead atoms. The van der Waals surface area contributed by atoms with Gasteiger partial charge < -0.3 is 20.4 Å². The van der Waals surface area contributed by atoms with Crippen molar-refractivity contribution in [1.82, 2.24) is 0 Å². The molecule has 3 saturated carbocycles. The minimum atomic E-state index is -2.48. The molecule has 0 saturated heterocycles. The van der Waals surface area contributed by atoms with E-state index in [4.69, 9.17) is 4.89 Å². The van der Waals surface area contributed by atoms with Crippen LogP contribution in [0.2, 0.25) is 0 Å². The molecule has 152 valence electrons. The van der Waals surface area contributed by atoms with Crippen LogP contribution in [-0.4, -0.2) is 59.5 Å². The number of rotatable bonds is 2. The van der Waals surface area contributed by atoms with E-state index in [-0.39, 0.29) is 37.2 Å². The molecule has 7 heteroatoms. The first-order valence-electron chi connectivity index (χ1n) is 9.64. The highest BCUT2D eigenvalue weighted by atomic mass is 17.1. The highest BCUT2D eigenvalue weighted by Gasteiger charge is 2.99. The second-order valence-corrected chi connectivity index (χ2v) is 10.0. The van der Waals surface area contributed by atoms with E-state index in [2.05, 4.69) is 0 Å². The summed E-state index contributed by atoms with van der Waals surface area (Å²) < 4.78 is 0. The average Bonchev–Trinajstić information content (AvgIpc) is 2.72. The first-order chi connectivity index (χ1) is 12.2. The summed E-state index contributed by atoms with van der Waals surface area (Å²) >= 11 is 0. The molecule has 0 amide bonds. The largest absolute Gasteiger partial charge is 0.389 e. The molecule has 4 aliphatic rings. The zero-order valence-electron chi connectivity index (χ0n) is 16.5. The van der Waals surface area contributed by atoms with Gasteiger partial charge >= 0.3 is 0 Å². The van der Waals surface area contributed by atoms with Crippen molar-refractivity contribution in [3.05, 3.63) is 11.6 Å². The average molecular weight is 382 g/mol. The van der Waals surface area contributed by atoms with E-state index < -0.39 is 44.6 Å². The lowest BCUT2D eigenvalue weighted by molar-refractivity contribution is -0.394. The quantitative estimate of drug-likeness (QED) is 0.355. The molecule has 4 rings (SSSR count). The molecule has 5 N–H and O–H groups in total. The molecule has 3 fully saturated rings. The van der Waals surface area contributed by atoms with Crippen molar-refractivity contribution in [2.45, 2.75) is 88.3 Å². The number of fused-ring (bicyclic) bond motifs is 2. The van der Waals surface area contributed by atoms with Gasteiger partial charge in [-0.15, -0.1) is 0 Å². The van der Waals surface area contributed by atoms with Gasteiger partial charge in [-0.2, -0.15) is 0 Å². The standard InChI is InChI=1S/C20H30O7/c1-11(2)16(22)10-18(24)15(5)9-8-14(16,4)20(18,25)19(27-26)13(21)12(3)6-7-17(15,19)23/h6,11,22-26H,7-10H2,1-5H3/t14-,15-,16-,17-,18+,19+,20+/m0/s1. The van der Waals surface area contributed by atoms with Crippen LogP contribution in [0.5, 0.6) is 0 Å². The number of carbonyl (C=O) groups excluding carboxylic acids is 1. The van der Waals surface area contributed by atoms with Gasteiger partial charge in [0.05, 0.1) is 5.60 Å². The number of hydrogen-bond acceptors (Lipinski definition) is 7. The molecular formula is C20H30O7. The van der Waals surface area contributed by atoms with Crippen LogP contribution in [0.15, 0.2) is 11.6 Å². The summed E-state index contributed by atoms with van der Waals surface area (Å²) in [4.78, 5) is 18.2. The van der Waals surface area contributed by atoms with Crippen molar-refractivity contribution in [3.8, 4) is 0 Å². The third-order valence-corrected chi connectivity index (χ3v) is 9.39. The molecular weight excluding hydrogens is 352 g/mol. The predicted octanol–water partition coefficient (Wildman–Crippen LogP) is 0.938. The second-order valence-electron chi connectivity index (χ2n) is 10.0. The summed E-state index contributed by atoms with van der Waals surface area (Å²) in [7, 11) is 0. The Labute approximate surface area is 158 Å². The Bertz CT molecular complexity index is 778. The van der Waals surface area contributed by atoms with Gasteiger partial charge in [-0.1, -0.05) is 33.8 Å². The minimum Gasteiger partial charge on any atom is -0.389 e. The molecule has 0 aromatic heterocycles. The molecule has 0 spiro atoms. The van der Waals surface area contributed by atoms with E-state index in [1.807, 2.05) is 0 Å². The summed E-state index contributed by atoms with van der Waals surface area (Å²) in [6, 6.07) is 0. The van der Waals surface area contributed by atoms with Gasteiger partial charge in [-0.3, -0.25) is 10.1 Å². The summed E-state index contributed by atoms with van der Waals surface area (Å²) in [5.74, 6) is -1.10. The fraction of sp³-hybridized carbons (Fsp3) is 0.850. The number of aliphatic hydroxyl groups is 4. The lowest BCUT2D eigenvalue weighted by Gasteiger charge is -2.56. The zero-order valence-corrected chi connectivity index (χ0v) is 16.5. The lowest BCUT2D eigenvalue weighted by Crippen LogP contribution is -2.77. The number of Topliss-reactive ketones (excluding diaryl/α,β-unsaturated/α-hetero) is 1. The first-order valence-corrected chi connectivity index (χ1v) is 9.64. The molecule has 0 heterocycles. The molecule has 0 aromatic carbocycles. The van der Waals surface area contributed by atoms with Gasteiger partial charge in [0.15, 0.2) is 5.78 Å². The fourth-order valence-corrected chi connectivity index (χ4v) is 7.51. The van der Waals surface area contributed by atoms with Crippen LogP contribution in [0, 0.1) is 16.7 Å². The van der Waals surface area contributed by atoms with E-state index in [9.17, 15) is 30.5 Å². The second kappa shape index (κ2) is 4.66. The minimum absolute atomic E-state index is 0.0531. The van der Waals surface area contributed by atoms with Gasteiger partial charge in [0.1, 0.15) is 16.8 Å². The van der Waals surface area contributed by atoms with Crippen molar-refractivity contribution in [2.24, 2.45) is 16.7 Å². The molecule has 0 radical (unpaired) electrons. The van der Waals surface area contributed by atoms with Crippen LogP contribution in [0.3, 0.4) is 0 Å². The number of ketones is 1. The highest BCUT2D eigenvalue weighted by Crippen LogP contribution is 2.83. The maximum atomic E-state index is 13.4. The summed E-state index contributed by atoms with van der Waals surface area (Å²) in [6.45, 7) is 8.35. The van der Waals surface area contributed by atoms with Gasteiger partial charge in [0.25, 0.3) is 0 Å². The molecule has 0 aromatic rings. The molecule has 27 heavy (non-hydrogen) atoms. The van der Waals surface area contributed by atoms with Crippen LogP contribution in [0.1, 0.15) is 60.3 Å². The normalized spacial score (nSPS) is 59.2. The fourth-order valence-electron chi connectivity index (χ4n) is 7.51. The summed E-state index contributed by atoms with van der Waals surface area (Å²) in [5, 5.41) is 57.6. The maximum Gasteiger partial charge on any atom is 0.226 e. The van der Waals surface area contributed by atoms with E-state index >= 15 is 0 Å². The van der Waals surface area contributed by atoms with E-state index in [0.717, 1.165) is 0 Å². The summed E-state index contributed by atoms with van der Waals surface area (Å²) in [5.41, 5.74) is -13.0. The van der Waals surface area contributed by atoms with E-state index in [1.54, 1.807) is 33.8 Å². The Morgan fingerprint density at radius 3 is 2.11 bits per heavy atom. The van der Waals surface area contributed by atoms with Crippen LogP contribution in [-0.2, 0) is 9.68 Å². The van der Waals surface area contributed by atoms with Crippen molar-refractivity contribution in [1.29, 1.82) is 0 Å². The molecule has 4 aliphatic carbocycles. The van der Waals surface area contributed by atoms with Gasteiger partial charge in [0.2, 0.25) is 5.60 Å².